The lowest BCUT2D eigenvalue weighted by molar-refractivity contribution is -0.144. The lowest BCUT2D eigenvalue weighted by Crippen LogP contribution is -2.36. The summed E-state index contributed by atoms with van der Waals surface area (Å²) in [6.45, 7) is 3.71. The first kappa shape index (κ1) is 12.0. The molecule has 5 nitrogen and oxygen atoms in total. The molecule has 0 aliphatic carbocycles. The summed E-state index contributed by atoms with van der Waals surface area (Å²) in [5.41, 5.74) is 0. The van der Waals surface area contributed by atoms with Crippen LogP contribution in [0, 0.1) is 11.8 Å². The molecule has 1 aliphatic rings. The quantitative estimate of drug-likeness (QED) is 0.620. The summed E-state index contributed by atoms with van der Waals surface area (Å²) in [7, 11) is 1.35. The fourth-order valence-electron chi connectivity index (χ4n) is 1.56. The summed E-state index contributed by atoms with van der Waals surface area (Å²) in [6, 6.07) is 0. The number of carbonyl (C=O) groups excluding carboxylic acids is 2. The Morgan fingerprint density at radius 2 is 2.33 bits per heavy atom. The second kappa shape index (κ2) is 5.70. The minimum absolute atomic E-state index is 0.0238. The zero-order chi connectivity index (χ0) is 11.3. The molecule has 15 heavy (non-hydrogen) atoms. The lowest BCUT2D eigenvalue weighted by Gasteiger charge is -2.13. The molecule has 1 heterocycles. The van der Waals surface area contributed by atoms with Crippen molar-refractivity contribution in [3.63, 3.8) is 0 Å². The van der Waals surface area contributed by atoms with Crippen LogP contribution in [0.3, 0.4) is 0 Å². The van der Waals surface area contributed by atoms with Crippen LogP contribution in [0.4, 0.5) is 0 Å². The van der Waals surface area contributed by atoms with E-state index >= 15 is 0 Å². The Labute approximate surface area is 89.6 Å². The van der Waals surface area contributed by atoms with E-state index in [0.717, 1.165) is 19.5 Å². The summed E-state index contributed by atoms with van der Waals surface area (Å²) in [5, 5.41) is 5.88. The van der Waals surface area contributed by atoms with Gasteiger partial charge in [0.25, 0.3) is 0 Å². The summed E-state index contributed by atoms with van der Waals surface area (Å²) in [5.74, 6) is -0.501. The molecule has 1 saturated heterocycles. The van der Waals surface area contributed by atoms with E-state index in [4.69, 9.17) is 0 Å². The second-order valence-corrected chi connectivity index (χ2v) is 3.86. The van der Waals surface area contributed by atoms with Gasteiger partial charge in [0.15, 0.2) is 0 Å². The molecular formula is C10H18N2O3. The monoisotopic (exact) mass is 214 g/mol. The van der Waals surface area contributed by atoms with Gasteiger partial charge in [-0.15, -0.1) is 0 Å². The molecule has 0 radical (unpaired) electrons. The smallest absolute Gasteiger partial charge is 0.310 e. The SMILES string of the molecule is COC(=O)C(C)CNC(=O)C1CCNC1. The number of nitrogens with one attached hydrogen (secondary N) is 2. The third-order valence-electron chi connectivity index (χ3n) is 2.62. The molecule has 1 rings (SSSR count). The highest BCUT2D eigenvalue weighted by atomic mass is 16.5. The molecule has 2 N–H and O–H groups in total. The molecule has 0 bridgehead atoms. The van der Waals surface area contributed by atoms with Gasteiger partial charge in [-0.1, -0.05) is 6.92 Å². The average molecular weight is 214 g/mol. The Balaban J connectivity index is 2.24. The highest BCUT2D eigenvalue weighted by Gasteiger charge is 2.23. The summed E-state index contributed by atoms with van der Waals surface area (Å²) in [6.07, 6.45) is 0.873. The number of esters is 1. The normalized spacial score (nSPS) is 22.1. The summed E-state index contributed by atoms with van der Waals surface area (Å²) >= 11 is 0. The van der Waals surface area contributed by atoms with E-state index < -0.39 is 0 Å². The maximum Gasteiger partial charge on any atom is 0.310 e. The van der Waals surface area contributed by atoms with E-state index in [0.29, 0.717) is 6.54 Å². The molecule has 1 fully saturated rings. The first-order chi connectivity index (χ1) is 7.15. The van der Waals surface area contributed by atoms with E-state index in [2.05, 4.69) is 15.4 Å². The summed E-state index contributed by atoms with van der Waals surface area (Å²) in [4.78, 5) is 22.6. The highest BCUT2D eigenvalue weighted by molar-refractivity contribution is 5.80. The molecule has 86 valence electrons. The average Bonchev–Trinajstić information content (AvgIpc) is 2.77. The van der Waals surface area contributed by atoms with Gasteiger partial charge in [-0.2, -0.15) is 0 Å². The minimum atomic E-state index is -0.292. The van der Waals surface area contributed by atoms with Gasteiger partial charge in [0.1, 0.15) is 0 Å². The van der Waals surface area contributed by atoms with Gasteiger partial charge in [0, 0.05) is 13.1 Å². The van der Waals surface area contributed by atoms with Crippen molar-refractivity contribution in [2.24, 2.45) is 11.8 Å². The van der Waals surface area contributed by atoms with Crippen LogP contribution in [0.15, 0.2) is 0 Å². The van der Waals surface area contributed by atoms with Crippen molar-refractivity contribution in [2.75, 3.05) is 26.7 Å². The van der Waals surface area contributed by atoms with Crippen molar-refractivity contribution < 1.29 is 14.3 Å². The largest absolute Gasteiger partial charge is 0.469 e. The molecule has 2 atom stereocenters. The van der Waals surface area contributed by atoms with Crippen molar-refractivity contribution >= 4 is 11.9 Å². The van der Waals surface area contributed by atoms with Gasteiger partial charge in [0.05, 0.1) is 18.9 Å². The first-order valence-corrected chi connectivity index (χ1v) is 5.21. The molecule has 0 aromatic carbocycles. The van der Waals surface area contributed by atoms with Gasteiger partial charge in [-0.3, -0.25) is 9.59 Å². The fourth-order valence-corrected chi connectivity index (χ4v) is 1.56. The molecule has 0 saturated carbocycles. The third kappa shape index (κ3) is 3.51. The van der Waals surface area contributed by atoms with Crippen LogP contribution in [-0.2, 0) is 14.3 Å². The number of carbonyl (C=O) groups is 2. The predicted molar refractivity (Wildman–Crippen MR) is 55.2 cm³/mol. The molecule has 2 unspecified atom stereocenters. The minimum Gasteiger partial charge on any atom is -0.469 e. The third-order valence-corrected chi connectivity index (χ3v) is 2.62. The lowest BCUT2D eigenvalue weighted by atomic mass is 10.1. The molecule has 1 amide bonds. The predicted octanol–water partition coefficient (Wildman–Crippen LogP) is -0.479. The van der Waals surface area contributed by atoms with E-state index in [1.807, 2.05) is 0 Å². The van der Waals surface area contributed by atoms with Crippen LogP contribution >= 0.6 is 0 Å². The molecular weight excluding hydrogens is 196 g/mol. The van der Waals surface area contributed by atoms with Crippen LogP contribution in [0.2, 0.25) is 0 Å². The van der Waals surface area contributed by atoms with Gasteiger partial charge in [-0.05, 0) is 13.0 Å². The molecule has 0 aromatic rings. The molecule has 0 aromatic heterocycles. The number of hydrogen-bond donors (Lipinski definition) is 2. The highest BCUT2D eigenvalue weighted by Crippen LogP contribution is 2.07. The molecule has 1 aliphatic heterocycles. The standard InChI is InChI=1S/C10H18N2O3/c1-7(10(14)15-2)5-12-9(13)8-3-4-11-6-8/h7-8,11H,3-6H2,1-2H3,(H,12,13). The molecule has 0 spiro atoms. The number of rotatable bonds is 4. The number of hydrogen-bond acceptors (Lipinski definition) is 4. The summed E-state index contributed by atoms with van der Waals surface area (Å²) < 4.78 is 4.57. The number of amides is 1. The van der Waals surface area contributed by atoms with Gasteiger partial charge < -0.3 is 15.4 Å². The fraction of sp³-hybridized carbons (Fsp3) is 0.800. The van der Waals surface area contributed by atoms with Crippen molar-refractivity contribution in [2.45, 2.75) is 13.3 Å². The Hall–Kier alpha value is -1.10. The Morgan fingerprint density at radius 3 is 2.87 bits per heavy atom. The van der Waals surface area contributed by atoms with Crippen molar-refractivity contribution in [3.8, 4) is 0 Å². The van der Waals surface area contributed by atoms with Gasteiger partial charge in [-0.25, -0.2) is 0 Å². The zero-order valence-electron chi connectivity index (χ0n) is 9.21. The van der Waals surface area contributed by atoms with Crippen LogP contribution in [0.5, 0.6) is 0 Å². The van der Waals surface area contributed by atoms with Crippen LogP contribution in [-0.4, -0.2) is 38.6 Å². The number of ether oxygens (including phenoxy) is 1. The maximum atomic E-state index is 11.6. The van der Waals surface area contributed by atoms with Gasteiger partial charge >= 0.3 is 5.97 Å². The van der Waals surface area contributed by atoms with Crippen LogP contribution < -0.4 is 10.6 Å². The van der Waals surface area contributed by atoms with E-state index in [9.17, 15) is 9.59 Å². The van der Waals surface area contributed by atoms with Crippen molar-refractivity contribution in [1.82, 2.24) is 10.6 Å². The van der Waals surface area contributed by atoms with Crippen molar-refractivity contribution in [3.05, 3.63) is 0 Å². The Bertz CT molecular complexity index is 237. The Kier molecular flexibility index (Phi) is 4.55. The Morgan fingerprint density at radius 1 is 1.60 bits per heavy atom. The van der Waals surface area contributed by atoms with Crippen LogP contribution in [0.1, 0.15) is 13.3 Å². The van der Waals surface area contributed by atoms with Crippen molar-refractivity contribution in [1.29, 1.82) is 0 Å². The molecule has 5 heteroatoms. The zero-order valence-corrected chi connectivity index (χ0v) is 9.21. The van der Waals surface area contributed by atoms with E-state index in [-0.39, 0.29) is 23.7 Å². The van der Waals surface area contributed by atoms with E-state index in [1.54, 1.807) is 6.92 Å². The van der Waals surface area contributed by atoms with E-state index in [1.165, 1.54) is 7.11 Å². The first-order valence-electron chi connectivity index (χ1n) is 5.21. The topological polar surface area (TPSA) is 67.4 Å². The maximum absolute atomic E-state index is 11.6. The van der Waals surface area contributed by atoms with Gasteiger partial charge in [0.2, 0.25) is 5.91 Å². The van der Waals surface area contributed by atoms with Crippen LogP contribution in [0.25, 0.3) is 0 Å². The second-order valence-electron chi connectivity index (χ2n) is 3.86. The number of methoxy groups -OCH3 is 1.